The molecule has 0 aliphatic heterocycles. The monoisotopic (exact) mass is 496 g/mol. The zero-order valence-electron chi connectivity index (χ0n) is 18.6. The number of pyridine rings is 1. The molecule has 168 valence electrons. The maximum absolute atomic E-state index is 11.3. The van der Waals surface area contributed by atoms with Crippen molar-refractivity contribution in [1.82, 2.24) is 10.3 Å². The van der Waals surface area contributed by atoms with Crippen LogP contribution < -0.4 is 14.8 Å². The zero-order chi connectivity index (χ0) is 22.5. The van der Waals surface area contributed by atoms with Crippen LogP contribution >= 0.6 is 15.9 Å². The normalized spacial score (nSPS) is 15.3. The van der Waals surface area contributed by atoms with Crippen molar-refractivity contribution >= 4 is 32.7 Å². The topological polar surface area (TPSA) is 60.5 Å². The number of halogens is 1. The van der Waals surface area contributed by atoms with E-state index in [9.17, 15) is 4.79 Å². The predicted molar refractivity (Wildman–Crippen MR) is 130 cm³/mol. The molecule has 0 bridgehead atoms. The van der Waals surface area contributed by atoms with Crippen molar-refractivity contribution in [2.75, 3.05) is 6.61 Å². The van der Waals surface area contributed by atoms with Crippen LogP contribution in [0.25, 0.3) is 10.9 Å². The van der Waals surface area contributed by atoms with Gasteiger partial charge in [-0.05, 0) is 83.6 Å². The van der Waals surface area contributed by atoms with E-state index in [-0.39, 0.29) is 11.9 Å². The summed E-state index contributed by atoms with van der Waals surface area (Å²) in [5.41, 5.74) is 1.87. The first kappa shape index (κ1) is 22.6. The predicted octanol–water partition coefficient (Wildman–Crippen LogP) is 6.95. The molecule has 3 aromatic rings. The Hall–Kier alpha value is -2.60. The molecule has 32 heavy (non-hydrogen) atoms. The summed E-state index contributed by atoms with van der Waals surface area (Å²) in [6, 6.07) is 15.6. The Morgan fingerprint density at radius 1 is 1.12 bits per heavy atom. The number of carbonyl (C=O) groups is 1. The second-order valence-electron chi connectivity index (χ2n) is 8.53. The SMILES string of the molecule is CC(=O)NC(C)c1ccc2nc(Oc3ccc(OCC4CCCCC4)cc3Br)ccc2c1. The minimum absolute atomic E-state index is 0.0459. The van der Waals surface area contributed by atoms with Gasteiger partial charge in [0.2, 0.25) is 11.8 Å². The lowest BCUT2D eigenvalue weighted by atomic mass is 9.90. The zero-order valence-corrected chi connectivity index (χ0v) is 20.2. The Bertz CT molecular complexity index is 1100. The van der Waals surface area contributed by atoms with E-state index < -0.39 is 0 Å². The lowest BCUT2D eigenvalue weighted by molar-refractivity contribution is -0.119. The average molecular weight is 497 g/mol. The number of nitrogens with one attached hydrogen (secondary N) is 1. The number of ether oxygens (including phenoxy) is 2. The summed E-state index contributed by atoms with van der Waals surface area (Å²) in [6.07, 6.45) is 6.53. The molecule has 1 N–H and O–H groups in total. The van der Waals surface area contributed by atoms with Gasteiger partial charge in [-0.2, -0.15) is 0 Å². The lowest BCUT2D eigenvalue weighted by Gasteiger charge is -2.21. The molecule has 6 heteroatoms. The van der Waals surface area contributed by atoms with Gasteiger partial charge in [-0.25, -0.2) is 4.98 Å². The number of amides is 1. The van der Waals surface area contributed by atoms with Crippen molar-refractivity contribution in [3.8, 4) is 17.4 Å². The van der Waals surface area contributed by atoms with Crippen LogP contribution in [0.5, 0.6) is 17.4 Å². The molecule has 5 nitrogen and oxygen atoms in total. The fourth-order valence-corrected chi connectivity index (χ4v) is 4.61. The molecular formula is C26H29BrN2O3. The molecule has 1 heterocycles. The molecule has 1 atom stereocenters. The Labute approximate surface area is 197 Å². The number of hydrogen-bond donors (Lipinski definition) is 1. The third kappa shape index (κ3) is 5.80. The molecule has 0 saturated heterocycles. The standard InChI is InChI=1S/C26H29BrN2O3/c1-17(28-18(2)30)20-8-11-24-21(14-20)9-13-26(29-24)32-25-12-10-22(15-23(25)27)31-16-19-6-4-3-5-7-19/h8-15,17,19H,3-7,16H2,1-2H3,(H,28,30). The van der Waals surface area contributed by atoms with Crippen LogP contribution in [0.15, 0.2) is 53.0 Å². The second-order valence-corrected chi connectivity index (χ2v) is 9.39. The van der Waals surface area contributed by atoms with Gasteiger partial charge in [0, 0.05) is 18.4 Å². The molecule has 4 rings (SSSR count). The van der Waals surface area contributed by atoms with E-state index in [0.29, 0.717) is 17.5 Å². The molecule has 1 aromatic heterocycles. The average Bonchev–Trinajstić information content (AvgIpc) is 2.79. The largest absolute Gasteiger partial charge is 0.493 e. The van der Waals surface area contributed by atoms with Crippen LogP contribution in [-0.4, -0.2) is 17.5 Å². The van der Waals surface area contributed by atoms with Crippen molar-refractivity contribution in [3.05, 3.63) is 58.6 Å². The molecule has 1 aliphatic carbocycles. The molecule has 1 fully saturated rings. The molecule has 2 aromatic carbocycles. The highest BCUT2D eigenvalue weighted by Gasteiger charge is 2.15. The van der Waals surface area contributed by atoms with E-state index in [1.165, 1.54) is 39.0 Å². The van der Waals surface area contributed by atoms with Gasteiger partial charge in [0.1, 0.15) is 11.5 Å². The highest BCUT2D eigenvalue weighted by molar-refractivity contribution is 9.10. The highest BCUT2D eigenvalue weighted by Crippen LogP contribution is 2.34. The summed E-state index contributed by atoms with van der Waals surface area (Å²) in [5, 5.41) is 3.90. The van der Waals surface area contributed by atoms with Crippen LogP contribution in [0.1, 0.15) is 57.6 Å². The van der Waals surface area contributed by atoms with Crippen LogP contribution in [0.4, 0.5) is 0 Å². The minimum Gasteiger partial charge on any atom is -0.493 e. The number of rotatable bonds is 7. The van der Waals surface area contributed by atoms with Gasteiger partial charge in [0.15, 0.2) is 0 Å². The molecule has 1 amide bonds. The Balaban J connectivity index is 1.42. The second kappa shape index (κ2) is 10.3. The number of benzene rings is 2. The van der Waals surface area contributed by atoms with Crippen LogP contribution in [0, 0.1) is 5.92 Å². The maximum Gasteiger partial charge on any atom is 0.219 e. The molecular weight excluding hydrogens is 468 g/mol. The maximum atomic E-state index is 11.3. The van der Waals surface area contributed by atoms with E-state index in [0.717, 1.165) is 33.3 Å². The van der Waals surface area contributed by atoms with E-state index in [4.69, 9.17) is 9.47 Å². The van der Waals surface area contributed by atoms with Crippen LogP contribution in [0.3, 0.4) is 0 Å². The van der Waals surface area contributed by atoms with Crippen LogP contribution in [-0.2, 0) is 4.79 Å². The van der Waals surface area contributed by atoms with Crippen molar-refractivity contribution in [1.29, 1.82) is 0 Å². The highest BCUT2D eigenvalue weighted by atomic mass is 79.9. The summed E-state index contributed by atoms with van der Waals surface area (Å²) < 4.78 is 12.9. The van der Waals surface area contributed by atoms with Crippen LogP contribution in [0.2, 0.25) is 0 Å². The number of aromatic nitrogens is 1. The van der Waals surface area contributed by atoms with E-state index in [1.807, 2.05) is 55.5 Å². The fourth-order valence-electron chi connectivity index (χ4n) is 4.17. The fraction of sp³-hybridized carbons (Fsp3) is 0.385. The quantitative estimate of drug-likeness (QED) is 0.384. The van der Waals surface area contributed by atoms with Gasteiger partial charge < -0.3 is 14.8 Å². The number of carbonyl (C=O) groups excluding carboxylic acids is 1. The number of nitrogens with zero attached hydrogens (tertiary/aromatic N) is 1. The third-order valence-corrected chi connectivity index (χ3v) is 6.56. The summed E-state index contributed by atoms with van der Waals surface area (Å²) in [6.45, 7) is 4.27. The molecule has 0 radical (unpaired) electrons. The molecule has 1 saturated carbocycles. The van der Waals surface area contributed by atoms with Gasteiger partial charge in [0.25, 0.3) is 0 Å². The Morgan fingerprint density at radius 3 is 2.69 bits per heavy atom. The van der Waals surface area contributed by atoms with Gasteiger partial charge >= 0.3 is 0 Å². The van der Waals surface area contributed by atoms with Gasteiger partial charge in [0.05, 0.1) is 22.6 Å². The first-order valence-corrected chi connectivity index (χ1v) is 12.1. The first-order valence-electron chi connectivity index (χ1n) is 11.3. The summed E-state index contributed by atoms with van der Waals surface area (Å²) in [5.74, 6) is 2.69. The van der Waals surface area contributed by atoms with Crippen molar-refractivity contribution < 1.29 is 14.3 Å². The van der Waals surface area contributed by atoms with Gasteiger partial charge in [-0.1, -0.05) is 25.3 Å². The first-order chi connectivity index (χ1) is 15.5. The molecule has 1 unspecified atom stereocenters. The smallest absolute Gasteiger partial charge is 0.219 e. The Kier molecular flexibility index (Phi) is 7.30. The van der Waals surface area contributed by atoms with E-state index in [1.54, 1.807) is 0 Å². The summed E-state index contributed by atoms with van der Waals surface area (Å²) in [7, 11) is 0. The van der Waals surface area contributed by atoms with Gasteiger partial charge in [-0.15, -0.1) is 0 Å². The number of hydrogen-bond acceptors (Lipinski definition) is 4. The minimum atomic E-state index is -0.0531. The lowest BCUT2D eigenvalue weighted by Crippen LogP contribution is -2.23. The third-order valence-electron chi connectivity index (χ3n) is 5.94. The Morgan fingerprint density at radius 2 is 1.94 bits per heavy atom. The number of fused-ring (bicyclic) bond motifs is 1. The summed E-state index contributed by atoms with van der Waals surface area (Å²) >= 11 is 3.60. The van der Waals surface area contributed by atoms with Crippen molar-refractivity contribution in [2.24, 2.45) is 5.92 Å². The van der Waals surface area contributed by atoms with E-state index >= 15 is 0 Å². The van der Waals surface area contributed by atoms with Crippen molar-refractivity contribution in [3.63, 3.8) is 0 Å². The van der Waals surface area contributed by atoms with Gasteiger partial charge in [-0.3, -0.25) is 4.79 Å². The molecule has 1 aliphatic rings. The van der Waals surface area contributed by atoms with Crippen molar-refractivity contribution in [2.45, 2.75) is 52.0 Å². The summed E-state index contributed by atoms with van der Waals surface area (Å²) in [4.78, 5) is 15.9. The molecule has 0 spiro atoms. The van der Waals surface area contributed by atoms with E-state index in [2.05, 4.69) is 26.2 Å².